The molecule has 1 aromatic rings. The lowest BCUT2D eigenvalue weighted by Gasteiger charge is -2.22. The van der Waals surface area contributed by atoms with Crippen molar-refractivity contribution in [1.29, 1.82) is 0 Å². The first-order valence-electron chi connectivity index (χ1n) is 6.39. The van der Waals surface area contributed by atoms with Gasteiger partial charge in [-0.1, -0.05) is 35.0 Å². The zero-order valence-corrected chi connectivity index (χ0v) is 13.1. The van der Waals surface area contributed by atoms with Crippen molar-refractivity contribution in [3.8, 4) is 5.75 Å². The maximum absolute atomic E-state index is 5.18. The molecular formula is C15H23BrO2. The van der Waals surface area contributed by atoms with Gasteiger partial charge in [-0.15, -0.1) is 0 Å². The number of ether oxygens (including phenoxy) is 2. The van der Waals surface area contributed by atoms with Crippen LogP contribution in [0, 0.1) is 11.8 Å². The topological polar surface area (TPSA) is 18.5 Å². The molecule has 1 rings (SSSR count). The van der Waals surface area contributed by atoms with Crippen molar-refractivity contribution in [2.24, 2.45) is 11.8 Å². The van der Waals surface area contributed by atoms with E-state index in [2.05, 4.69) is 35.0 Å². The van der Waals surface area contributed by atoms with Crippen LogP contribution >= 0.6 is 15.9 Å². The second-order valence-corrected chi connectivity index (χ2v) is 5.37. The Morgan fingerprint density at radius 1 is 1.17 bits per heavy atom. The van der Waals surface area contributed by atoms with Crippen LogP contribution in [0.1, 0.15) is 18.9 Å². The minimum atomic E-state index is 0.647. The van der Waals surface area contributed by atoms with Crippen molar-refractivity contribution >= 4 is 15.9 Å². The van der Waals surface area contributed by atoms with Gasteiger partial charge < -0.3 is 9.47 Å². The molecule has 1 aromatic carbocycles. The number of alkyl halides is 1. The Kier molecular flexibility index (Phi) is 7.36. The minimum Gasteiger partial charge on any atom is -0.497 e. The highest BCUT2D eigenvalue weighted by Crippen LogP contribution is 2.23. The summed E-state index contributed by atoms with van der Waals surface area (Å²) < 4.78 is 10.3. The number of halogens is 1. The predicted molar refractivity (Wildman–Crippen MR) is 79.6 cm³/mol. The largest absolute Gasteiger partial charge is 0.497 e. The number of rotatable bonds is 8. The highest BCUT2D eigenvalue weighted by molar-refractivity contribution is 9.09. The molecule has 0 fully saturated rings. The molecule has 0 aromatic heterocycles. The molecule has 3 heteroatoms. The van der Waals surface area contributed by atoms with E-state index in [0.717, 1.165) is 30.5 Å². The Hall–Kier alpha value is -0.540. The molecule has 0 aliphatic rings. The van der Waals surface area contributed by atoms with Gasteiger partial charge in [-0.25, -0.2) is 0 Å². The number of benzene rings is 1. The summed E-state index contributed by atoms with van der Waals surface area (Å²) in [5, 5.41) is 1.03. The maximum atomic E-state index is 5.18. The van der Waals surface area contributed by atoms with E-state index in [0.29, 0.717) is 11.8 Å². The second kappa shape index (κ2) is 8.54. The molecule has 0 aliphatic carbocycles. The van der Waals surface area contributed by atoms with Gasteiger partial charge in [0.1, 0.15) is 5.75 Å². The molecule has 2 atom stereocenters. The van der Waals surface area contributed by atoms with Crippen molar-refractivity contribution in [1.82, 2.24) is 0 Å². The molecule has 18 heavy (non-hydrogen) atoms. The van der Waals surface area contributed by atoms with Crippen molar-refractivity contribution in [3.05, 3.63) is 29.8 Å². The number of hydrogen-bond donors (Lipinski definition) is 0. The van der Waals surface area contributed by atoms with E-state index in [-0.39, 0.29) is 0 Å². The number of hydrogen-bond acceptors (Lipinski definition) is 2. The summed E-state index contributed by atoms with van der Waals surface area (Å²) >= 11 is 3.63. The first-order chi connectivity index (χ1) is 8.71. The van der Waals surface area contributed by atoms with E-state index >= 15 is 0 Å². The summed E-state index contributed by atoms with van der Waals surface area (Å²) in [6.45, 7) is 3.14. The second-order valence-electron chi connectivity index (χ2n) is 4.73. The van der Waals surface area contributed by atoms with Crippen LogP contribution in [0.25, 0.3) is 0 Å². The molecule has 0 aliphatic heterocycles. The summed E-state index contributed by atoms with van der Waals surface area (Å²) in [6, 6.07) is 8.36. The summed E-state index contributed by atoms with van der Waals surface area (Å²) in [5.41, 5.74) is 1.37. The summed E-state index contributed by atoms with van der Waals surface area (Å²) in [5.74, 6) is 2.22. The van der Waals surface area contributed by atoms with E-state index in [4.69, 9.17) is 9.47 Å². The zero-order valence-electron chi connectivity index (χ0n) is 11.5. The van der Waals surface area contributed by atoms with Crippen molar-refractivity contribution in [2.45, 2.75) is 19.8 Å². The van der Waals surface area contributed by atoms with Gasteiger partial charge in [0.05, 0.1) is 7.11 Å². The molecule has 102 valence electrons. The first kappa shape index (κ1) is 15.5. The predicted octanol–water partition coefficient (Wildman–Crippen LogP) is 3.92. The highest BCUT2D eigenvalue weighted by atomic mass is 79.9. The summed E-state index contributed by atoms with van der Waals surface area (Å²) in [7, 11) is 3.46. The standard InChI is InChI=1S/C15H23BrO2/c1-12(8-9-17-2)14(11-16)10-13-4-6-15(18-3)7-5-13/h4-7,12,14H,8-11H2,1-3H3. The summed E-state index contributed by atoms with van der Waals surface area (Å²) in [4.78, 5) is 0. The minimum absolute atomic E-state index is 0.647. The third-order valence-electron chi connectivity index (χ3n) is 3.44. The lowest BCUT2D eigenvalue weighted by molar-refractivity contribution is 0.168. The van der Waals surface area contributed by atoms with Crippen LogP contribution in [-0.4, -0.2) is 26.2 Å². The molecule has 2 nitrogen and oxygen atoms in total. The first-order valence-corrected chi connectivity index (χ1v) is 7.51. The van der Waals surface area contributed by atoms with Gasteiger partial charge in [-0.05, 0) is 42.4 Å². The van der Waals surface area contributed by atoms with E-state index in [1.165, 1.54) is 5.56 Å². The molecule has 0 N–H and O–H groups in total. The third-order valence-corrected chi connectivity index (χ3v) is 4.27. The lowest BCUT2D eigenvalue weighted by atomic mass is 9.88. The van der Waals surface area contributed by atoms with Gasteiger partial charge in [0.15, 0.2) is 0 Å². The van der Waals surface area contributed by atoms with Gasteiger partial charge in [0.2, 0.25) is 0 Å². The van der Waals surface area contributed by atoms with Crippen LogP contribution in [0.2, 0.25) is 0 Å². The molecule has 0 heterocycles. The molecular weight excluding hydrogens is 292 g/mol. The van der Waals surface area contributed by atoms with Gasteiger partial charge in [0, 0.05) is 19.0 Å². The molecule has 0 amide bonds. The van der Waals surface area contributed by atoms with Crippen LogP contribution in [0.3, 0.4) is 0 Å². The Balaban J connectivity index is 2.55. The van der Waals surface area contributed by atoms with E-state index in [1.54, 1.807) is 14.2 Å². The average Bonchev–Trinajstić information content (AvgIpc) is 2.42. The lowest BCUT2D eigenvalue weighted by Crippen LogP contribution is -2.17. The molecule has 0 saturated heterocycles. The Labute approximate surface area is 119 Å². The van der Waals surface area contributed by atoms with E-state index in [1.807, 2.05) is 12.1 Å². The molecule has 0 bridgehead atoms. The highest BCUT2D eigenvalue weighted by Gasteiger charge is 2.16. The molecule has 2 unspecified atom stereocenters. The fourth-order valence-electron chi connectivity index (χ4n) is 2.01. The van der Waals surface area contributed by atoms with Gasteiger partial charge in [-0.2, -0.15) is 0 Å². The zero-order chi connectivity index (χ0) is 13.4. The molecule has 0 radical (unpaired) electrons. The quantitative estimate of drug-likeness (QED) is 0.677. The normalized spacial score (nSPS) is 14.2. The SMILES string of the molecule is COCCC(C)C(CBr)Cc1ccc(OC)cc1. The molecule has 0 saturated carbocycles. The molecule has 0 spiro atoms. The van der Waals surface area contributed by atoms with Gasteiger partial charge >= 0.3 is 0 Å². The Morgan fingerprint density at radius 2 is 1.83 bits per heavy atom. The van der Waals surface area contributed by atoms with Crippen molar-refractivity contribution in [2.75, 3.05) is 26.2 Å². The third kappa shape index (κ3) is 4.99. The van der Waals surface area contributed by atoms with Crippen molar-refractivity contribution < 1.29 is 9.47 Å². The average molecular weight is 315 g/mol. The van der Waals surface area contributed by atoms with Crippen molar-refractivity contribution in [3.63, 3.8) is 0 Å². The van der Waals surface area contributed by atoms with Gasteiger partial charge in [0.25, 0.3) is 0 Å². The summed E-state index contributed by atoms with van der Waals surface area (Å²) in [6.07, 6.45) is 2.21. The van der Waals surface area contributed by atoms with Crippen LogP contribution in [-0.2, 0) is 11.2 Å². The van der Waals surface area contributed by atoms with Gasteiger partial charge in [-0.3, -0.25) is 0 Å². The number of methoxy groups -OCH3 is 2. The van der Waals surface area contributed by atoms with Crippen LogP contribution in [0.4, 0.5) is 0 Å². The van der Waals surface area contributed by atoms with Crippen LogP contribution < -0.4 is 4.74 Å². The smallest absolute Gasteiger partial charge is 0.118 e. The fraction of sp³-hybridized carbons (Fsp3) is 0.600. The van der Waals surface area contributed by atoms with Crippen LogP contribution in [0.5, 0.6) is 5.75 Å². The monoisotopic (exact) mass is 314 g/mol. The van der Waals surface area contributed by atoms with E-state index in [9.17, 15) is 0 Å². The van der Waals surface area contributed by atoms with E-state index < -0.39 is 0 Å². The van der Waals surface area contributed by atoms with Crippen LogP contribution in [0.15, 0.2) is 24.3 Å². The Morgan fingerprint density at radius 3 is 2.33 bits per heavy atom. The maximum Gasteiger partial charge on any atom is 0.118 e. The fourth-order valence-corrected chi connectivity index (χ4v) is 2.88. The Bertz CT molecular complexity index is 324.